The number of carbonyl (C=O) groups excluding carboxylic acids is 4. The van der Waals surface area contributed by atoms with E-state index in [1.54, 1.807) is 20.8 Å². The lowest BCUT2D eigenvalue weighted by Crippen LogP contribution is -2.45. The Bertz CT molecular complexity index is 521. The number of carbonyl (C=O) groups is 5. The molecule has 1 atom stereocenters. The number of hydroxylamine groups is 2. The van der Waals surface area contributed by atoms with Crippen LogP contribution in [0, 0.1) is 0 Å². The van der Waals surface area contributed by atoms with Crippen LogP contribution in [-0.2, 0) is 28.8 Å². The Labute approximate surface area is 131 Å². The first-order chi connectivity index (χ1) is 10.5. The van der Waals surface area contributed by atoms with Crippen LogP contribution in [0.1, 0.15) is 40.0 Å². The molecule has 1 rings (SSSR count). The quantitative estimate of drug-likeness (QED) is 0.669. The number of imide groups is 1. The zero-order chi connectivity index (χ0) is 17.8. The molecule has 0 aromatic carbocycles. The van der Waals surface area contributed by atoms with E-state index < -0.39 is 47.9 Å². The number of hydrogen-bond donors (Lipinski definition) is 2. The number of carboxylic acid groups (broad SMARTS) is 1. The molecule has 1 fully saturated rings. The molecule has 1 aliphatic rings. The lowest BCUT2D eigenvalue weighted by Gasteiger charge is -2.22. The number of amides is 3. The summed E-state index contributed by atoms with van der Waals surface area (Å²) >= 11 is 0. The first-order valence-corrected chi connectivity index (χ1v) is 6.78. The molecule has 1 heterocycles. The summed E-state index contributed by atoms with van der Waals surface area (Å²) in [7, 11) is 0. The average molecular weight is 330 g/mol. The van der Waals surface area contributed by atoms with Gasteiger partial charge in [-0.05, 0) is 20.8 Å². The van der Waals surface area contributed by atoms with Gasteiger partial charge in [-0.15, -0.1) is 5.06 Å². The summed E-state index contributed by atoms with van der Waals surface area (Å²) in [6.45, 7) is 4.75. The Morgan fingerprint density at radius 2 is 1.74 bits per heavy atom. The molecule has 0 bridgehead atoms. The molecule has 0 aliphatic carbocycles. The third-order valence-corrected chi connectivity index (χ3v) is 2.56. The van der Waals surface area contributed by atoms with E-state index in [0.717, 1.165) is 0 Å². The van der Waals surface area contributed by atoms with Crippen molar-refractivity contribution in [3.8, 4) is 0 Å². The number of carboxylic acids is 1. The minimum Gasteiger partial charge on any atom is -0.480 e. The van der Waals surface area contributed by atoms with Gasteiger partial charge in [-0.3, -0.25) is 9.59 Å². The van der Waals surface area contributed by atoms with Crippen LogP contribution in [0.3, 0.4) is 0 Å². The predicted octanol–water partition coefficient (Wildman–Crippen LogP) is -0.0384. The molecular formula is C13H18N2O8. The predicted molar refractivity (Wildman–Crippen MR) is 72.6 cm³/mol. The van der Waals surface area contributed by atoms with Crippen molar-refractivity contribution in [3.63, 3.8) is 0 Å². The van der Waals surface area contributed by atoms with Crippen LogP contribution in [0.25, 0.3) is 0 Å². The zero-order valence-corrected chi connectivity index (χ0v) is 13.0. The second kappa shape index (κ2) is 7.07. The Hall–Kier alpha value is -2.65. The van der Waals surface area contributed by atoms with Gasteiger partial charge in [0.15, 0.2) is 0 Å². The molecule has 128 valence electrons. The first-order valence-electron chi connectivity index (χ1n) is 6.78. The van der Waals surface area contributed by atoms with Gasteiger partial charge in [0, 0.05) is 12.8 Å². The normalized spacial score (nSPS) is 16.0. The van der Waals surface area contributed by atoms with Crippen molar-refractivity contribution < 1.29 is 38.7 Å². The largest absolute Gasteiger partial charge is 0.480 e. The third kappa shape index (κ3) is 5.93. The Kier molecular flexibility index (Phi) is 5.66. The van der Waals surface area contributed by atoms with Gasteiger partial charge in [0.2, 0.25) is 0 Å². The zero-order valence-electron chi connectivity index (χ0n) is 13.0. The van der Waals surface area contributed by atoms with E-state index in [1.807, 2.05) is 5.32 Å². The van der Waals surface area contributed by atoms with Crippen LogP contribution in [-0.4, -0.2) is 51.7 Å². The summed E-state index contributed by atoms with van der Waals surface area (Å²) in [4.78, 5) is 61.4. The van der Waals surface area contributed by atoms with E-state index in [4.69, 9.17) is 9.84 Å². The second-order valence-electron chi connectivity index (χ2n) is 5.79. The van der Waals surface area contributed by atoms with Crippen molar-refractivity contribution in [1.82, 2.24) is 10.4 Å². The van der Waals surface area contributed by atoms with E-state index in [9.17, 15) is 24.0 Å². The summed E-state index contributed by atoms with van der Waals surface area (Å²) in [6, 6.07) is -1.62. The van der Waals surface area contributed by atoms with Crippen molar-refractivity contribution in [2.75, 3.05) is 0 Å². The maximum absolute atomic E-state index is 11.6. The SMILES string of the molecule is CC(C)(C)OC(=O)NC(CC(=O)ON1C(=O)CCC1=O)C(=O)O. The highest BCUT2D eigenvalue weighted by molar-refractivity contribution is 6.01. The molecule has 3 amide bonds. The van der Waals surface area contributed by atoms with Crippen LogP contribution in [0.4, 0.5) is 4.79 Å². The molecule has 2 N–H and O–H groups in total. The van der Waals surface area contributed by atoms with Crippen molar-refractivity contribution >= 4 is 29.8 Å². The fraction of sp³-hybridized carbons (Fsp3) is 0.615. The van der Waals surface area contributed by atoms with Gasteiger partial charge in [0.1, 0.15) is 11.6 Å². The number of nitrogens with one attached hydrogen (secondary N) is 1. The highest BCUT2D eigenvalue weighted by atomic mass is 16.7. The van der Waals surface area contributed by atoms with E-state index in [0.29, 0.717) is 5.06 Å². The fourth-order valence-corrected chi connectivity index (χ4v) is 1.61. The lowest BCUT2D eigenvalue weighted by atomic mass is 10.2. The number of ether oxygens (including phenoxy) is 1. The van der Waals surface area contributed by atoms with Crippen LogP contribution in [0.5, 0.6) is 0 Å². The number of rotatable bonds is 5. The van der Waals surface area contributed by atoms with E-state index >= 15 is 0 Å². The first kappa shape index (κ1) is 18.4. The van der Waals surface area contributed by atoms with Crippen molar-refractivity contribution in [2.24, 2.45) is 0 Å². The molecule has 0 radical (unpaired) electrons. The van der Waals surface area contributed by atoms with Gasteiger partial charge < -0.3 is 20.0 Å². The summed E-state index contributed by atoms with van der Waals surface area (Å²) in [5.41, 5.74) is -0.845. The summed E-state index contributed by atoms with van der Waals surface area (Å²) in [6.07, 6.45) is -1.95. The minimum absolute atomic E-state index is 0.0787. The van der Waals surface area contributed by atoms with E-state index in [-0.39, 0.29) is 12.8 Å². The molecule has 1 unspecified atom stereocenters. The summed E-state index contributed by atoms with van der Waals surface area (Å²) in [5.74, 6) is -4.01. The number of aliphatic carboxylic acids is 1. The molecule has 23 heavy (non-hydrogen) atoms. The minimum atomic E-state index is -1.62. The van der Waals surface area contributed by atoms with E-state index in [2.05, 4.69) is 4.84 Å². The van der Waals surface area contributed by atoms with Crippen LogP contribution < -0.4 is 5.32 Å². The third-order valence-electron chi connectivity index (χ3n) is 2.56. The molecule has 10 nitrogen and oxygen atoms in total. The summed E-state index contributed by atoms with van der Waals surface area (Å²) in [5, 5.41) is 11.3. The molecular weight excluding hydrogens is 312 g/mol. The molecule has 0 spiro atoms. The topological polar surface area (TPSA) is 139 Å². The highest BCUT2D eigenvalue weighted by Gasteiger charge is 2.34. The maximum atomic E-state index is 11.6. The number of nitrogens with zero attached hydrogens (tertiary/aromatic N) is 1. The Morgan fingerprint density at radius 1 is 1.22 bits per heavy atom. The molecule has 0 aromatic rings. The monoisotopic (exact) mass is 330 g/mol. The van der Waals surface area contributed by atoms with Crippen LogP contribution >= 0.6 is 0 Å². The highest BCUT2D eigenvalue weighted by Crippen LogP contribution is 2.13. The van der Waals surface area contributed by atoms with Gasteiger partial charge in [-0.1, -0.05) is 0 Å². The van der Waals surface area contributed by atoms with Gasteiger partial charge in [0.25, 0.3) is 11.8 Å². The van der Waals surface area contributed by atoms with Crippen molar-refractivity contribution in [3.05, 3.63) is 0 Å². The Morgan fingerprint density at radius 3 is 2.17 bits per heavy atom. The standard InChI is InChI=1S/C13H18N2O8/c1-13(2,3)22-12(21)14-7(11(19)20)6-10(18)23-15-8(16)4-5-9(15)17/h7H,4-6H2,1-3H3,(H,14,21)(H,19,20). The lowest BCUT2D eigenvalue weighted by molar-refractivity contribution is -0.198. The van der Waals surface area contributed by atoms with Gasteiger partial charge >= 0.3 is 18.0 Å². The second-order valence-corrected chi connectivity index (χ2v) is 5.79. The number of alkyl carbamates (subject to hydrolysis) is 1. The fourth-order valence-electron chi connectivity index (χ4n) is 1.61. The summed E-state index contributed by atoms with van der Waals surface area (Å²) < 4.78 is 4.88. The van der Waals surface area contributed by atoms with Crippen LogP contribution in [0.2, 0.25) is 0 Å². The molecule has 10 heteroatoms. The maximum Gasteiger partial charge on any atom is 0.408 e. The van der Waals surface area contributed by atoms with Gasteiger partial charge in [-0.25, -0.2) is 14.4 Å². The van der Waals surface area contributed by atoms with E-state index in [1.165, 1.54) is 0 Å². The van der Waals surface area contributed by atoms with Crippen molar-refractivity contribution in [1.29, 1.82) is 0 Å². The smallest absolute Gasteiger partial charge is 0.408 e. The van der Waals surface area contributed by atoms with Gasteiger partial charge in [-0.2, -0.15) is 0 Å². The molecule has 0 aromatic heterocycles. The molecule has 1 saturated heterocycles. The number of hydrogen-bond acceptors (Lipinski definition) is 7. The molecule has 0 saturated carbocycles. The molecule has 1 aliphatic heterocycles. The van der Waals surface area contributed by atoms with Crippen LogP contribution in [0.15, 0.2) is 0 Å². The van der Waals surface area contributed by atoms with Gasteiger partial charge in [0.05, 0.1) is 6.42 Å². The average Bonchev–Trinajstić information content (AvgIpc) is 2.67. The van der Waals surface area contributed by atoms with Crippen molar-refractivity contribution in [2.45, 2.75) is 51.7 Å². The Balaban J connectivity index is 2.60.